The number of benzene rings is 2. The number of methoxy groups -OCH3 is 1. The van der Waals surface area contributed by atoms with Crippen molar-refractivity contribution in [2.24, 2.45) is 0 Å². The summed E-state index contributed by atoms with van der Waals surface area (Å²) in [6, 6.07) is 15.3. The van der Waals surface area contributed by atoms with Gasteiger partial charge in [0.2, 0.25) is 0 Å². The first kappa shape index (κ1) is 19.0. The summed E-state index contributed by atoms with van der Waals surface area (Å²) in [5, 5.41) is 2.89. The van der Waals surface area contributed by atoms with Crippen molar-refractivity contribution in [3.8, 4) is 11.5 Å². The zero-order chi connectivity index (χ0) is 18.2. The zero-order valence-corrected chi connectivity index (χ0v) is 16.4. The molecule has 0 bridgehead atoms. The number of nitrogens with one attached hydrogen (secondary N) is 1. The number of carbonyl (C=O) groups is 1. The summed E-state index contributed by atoms with van der Waals surface area (Å²) >= 11 is 3.97. The van der Waals surface area contributed by atoms with E-state index in [2.05, 4.69) is 17.4 Å². The molecule has 26 heavy (non-hydrogen) atoms. The highest BCUT2D eigenvalue weighted by molar-refractivity contribution is 8.16. The van der Waals surface area contributed by atoms with Crippen LogP contribution in [0.15, 0.2) is 48.5 Å². The van der Waals surface area contributed by atoms with Crippen molar-refractivity contribution in [2.45, 2.75) is 11.0 Å². The minimum atomic E-state index is -0.0705. The molecule has 0 aromatic heterocycles. The predicted octanol–water partition coefficient (Wildman–Crippen LogP) is 4.37. The molecule has 6 heteroatoms. The predicted molar refractivity (Wildman–Crippen MR) is 110 cm³/mol. The Bertz CT molecular complexity index is 698. The third-order valence-corrected chi connectivity index (χ3v) is 7.00. The SMILES string of the molecule is COc1ccc(OCCNC(=O)c2ccc(C3SCCCS3)cc2)cc1. The molecule has 1 aliphatic heterocycles. The highest BCUT2D eigenvalue weighted by Gasteiger charge is 2.16. The summed E-state index contributed by atoms with van der Waals surface area (Å²) in [7, 11) is 1.63. The van der Waals surface area contributed by atoms with Gasteiger partial charge in [0.15, 0.2) is 0 Å². The Labute approximate surface area is 163 Å². The van der Waals surface area contributed by atoms with E-state index in [4.69, 9.17) is 9.47 Å². The second-order valence-electron chi connectivity index (χ2n) is 5.83. The second kappa shape index (κ2) is 9.78. The molecule has 1 amide bonds. The van der Waals surface area contributed by atoms with E-state index in [0.717, 1.165) is 11.5 Å². The van der Waals surface area contributed by atoms with Crippen LogP contribution in [0.1, 0.15) is 26.9 Å². The maximum atomic E-state index is 12.2. The summed E-state index contributed by atoms with van der Waals surface area (Å²) < 4.78 is 11.2. The summed E-state index contributed by atoms with van der Waals surface area (Å²) in [6.07, 6.45) is 1.28. The first-order valence-corrected chi connectivity index (χ1v) is 10.7. The van der Waals surface area contributed by atoms with Gasteiger partial charge in [0.25, 0.3) is 5.91 Å². The molecule has 2 aromatic carbocycles. The molecule has 0 spiro atoms. The zero-order valence-electron chi connectivity index (χ0n) is 14.8. The minimum Gasteiger partial charge on any atom is -0.497 e. The number of rotatable bonds is 7. The van der Waals surface area contributed by atoms with Gasteiger partial charge >= 0.3 is 0 Å². The summed E-state index contributed by atoms with van der Waals surface area (Å²) in [5.74, 6) is 3.91. The van der Waals surface area contributed by atoms with Gasteiger partial charge in [-0.05, 0) is 59.9 Å². The highest BCUT2D eigenvalue weighted by Crippen LogP contribution is 2.43. The summed E-state index contributed by atoms with van der Waals surface area (Å²) in [4.78, 5) is 12.2. The Morgan fingerprint density at radius 3 is 2.35 bits per heavy atom. The molecule has 1 aliphatic rings. The van der Waals surface area contributed by atoms with Gasteiger partial charge in [-0.1, -0.05) is 12.1 Å². The van der Waals surface area contributed by atoms with Crippen LogP contribution in [0.25, 0.3) is 0 Å². The molecular formula is C20H23NO3S2. The van der Waals surface area contributed by atoms with Gasteiger partial charge in [0, 0.05) is 5.56 Å². The van der Waals surface area contributed by atoms with Gasteiger partial charge in [-0.25, -0.2) is 0 Å². The van der Waals surface area contributed by atoms with Crippen LogP contribution >= 0.6 is 23.5 Å². The molecule has 0 atom stereocenters. The van der Waals surface area contributed by atoms with Gasteiger partial charge in [-0.15, -0.1) is 23.5 Å². The lowest BCUT2D eigenvalue weighted by atomic mass is 10.1. The summed E-state index contributed by atoms with van der Waals surface area (Å²) in [5.41, 5.74) is 1.98. The smallest absolute Gasteiger partial charge is 0.251 e. The van der Waals surface area contributed by atoms with Crippen LogP contribution in [-0.2, 0) is 0 Å². The largest absolute Gasteiger partial charge is 0.497 e. The van der Waals surface area contributed by atoms with E-state index < -0.39 is 0 Å². The molecule has 0 unspecified atom stereocenters. The number of amides is 1. The first-order valence-electron chi connectivity index (χ1n) is 8.64. The Morgan fingerprint density at radius 1 is 1.04 bits per heavy atom. The standard InChI is InChI=1S/C20H23NO3S2/c1-23-17-7-9-18(10-8-17)24-12-11-21-19(22)15-3-5-16(6-4-15)20-25-13-2-14-26-20/h3-10,20H,2,11-14H2,1H3,(H,21,22). The van der Waals surface area contributed by atoms with Gasteiger partial charge in [0.05, 0.1) is 18.2 Å². The van der Waals surface area contributed by atoms with Gasteiger partial charge in [-0.2, -0.15) is 0 Å². The Kier molecular flexibility index (Phi) is 7.14. The Hall–Kier alpha value is -1.79. The molecule has 1 heterocycles. The van der Waals surface area contributed by atoms with E-state index in [-0.39, 0.29) is 5.91 Å². The second-order valence-corrected chi connectivity index (χ2v) is 8.55. The van der Waals surface area contributed by atoms with E-state index >= 15 is 0 Å². The molecule has 0 saturated carbocycles. The van der Waals surface area contributed by atoms with Crippen molar-refractivity contribution >= 4 is 29.4 Å². The maximum absolute atomic E-state index is 12.2. The van der Waals surface area contributed by atoms with Crippen molar-refractivity contribution in [1.29, 1.82) is 0 Å². The quantitative estimate of drug-likeness (QED) is 0.713. The van der Waals surface area contributed by atoms with Gasteiger partial charge in [0.1, 0.15) is 18.1 Å². The van der Waals surface area contributed by atoms with Crippen molar-refractivity contribution in [1.82, 2.24) is 5.32 Å². The number of thioether (sulfide) groups is 2. The molecule has 2 aromatic rings. The van der Waals surface area contributed by atoms with E-state index in [1.54, 1.807) is 7.11 Å². The van der Waals surface area contributed by atoms with Crippen molar-refractivity contribution in [3.63, 3.8) is 0 Å². The molecule has 1 saturated heterocycles. The molecular weight excluding hydrogens is 366 g/mol. The van der Waals surface area contributed by atoms with E-state index in [1.165, 1.54) is 23.5 Å². The van der Waals surface area contributed by atoms with Crippen LogP contribution in [0.5, 0.6) is 11.5 Å². The van der Waals surface area contributed by atoms with E-state index in [0.29, 0.717) is 23.3 Å². The number of carbonyl (C=O) groups excluding carboxylic acids is 1. The molecule has 1 N–H and O–H groups in total. The molecule has 0 radical (unpaired) electrons. The average molecular weight is 390 g/mol. The average Bonchev–Trinajstić information content (AvgIpc) is 2.72. The first-order chi connectivity index (χ1) is 12.8. The van der Waals surface area contributed by atoms with Gasteiger partial charge < -0.3 is 14.8 Å². The monoisotopic (exact) mass is 389 g/mol. The van der Waals surface area contributed by atoms with Crippen LogP contribution in [0.4, 0.5) is 0 Å². The maximum Gasteiger partial charge on any atom is 0.251 e. The van der Waals surface area contributed by atoms with Crippen LogP contribution in [0.3, 0.4) is 0 Å². The van der Waals surface area contributed by atoms with Crippen molar-refractivity contribution < 1.29 is 14.3 Å². The van der Waals surface area contributed by atoms with E-state index in [9.17, 15) is 4.79 Å². The fourth-order valence-electron chi connectivity index (χ4n) is 2.58. The lowest BCUT2D eigenvalue weighted by molar-refractivity contribution is 0.0947. The van der Waals surface area contributed by atoms with Crippen molar-refractivity contribution in [2.75, 3.05) is 31.8 Å². The fourth-order valence-corrected chi connectivity index (χ4v) is 5.47. The lowest BCUT2D eigenvalue weighted by Crippen LogP contribution is -2.28. The Balaban J connectivity index is 1.42. The number of hydrogen-bond donors (Lipinski definition) is 1. The molecule has 138 valence electrons. The number of ether oxygens (including phenoxy) is 2. The molecule has 1 fully saturated rings. The molecule has 3 rings (SSSR count). The topological polar surface area (TPSA) is 47.6 Å². The summed E-state index contributed by atoms with van der Waals surface area (Å²) in [6.45, 7) is 0.881. The van der Waals surface area contributed by atoms with Crippen LogP contribution in [-0.4, -0.2) is 37.7 Å². The number of hydrogen-bond acceptors (Lipinski definition) is 5. The van der Waals surface area contributed by atoms with Crippen molar-refractivity contribution in [3.05, 3.63) is 59.7 Å². The van der Waals surface area contributed by atoms with Crippen LogP contribution in [0.2, 0.25) is 0 Å². The third-order valence-electron chi connectivity index (χ3n) is 3.99. The molecule has 0 aliphatic carbocycles. The highest BCUT2D eigenvalue weighted by atomic mass is 32.2. The van der Waals surface area contributed by atoms with Gasteiger partial charge in [-0.3, -0.25) is 4.79 Å². The third kappa shape index (κ3) is 5.35. The normalized spacial score (nSPS) is 14.7. The minimum absolute atomic E-state index is 0.0705. The fraction of sp³-hybridized carbons (Fsp3) is 0.350. The Morgan fingerprint density at radius 2 is 1.69 bits per heavy atom. The van der Waals surface area contributed by atoms with E-state index in [1.807, 2.05) is 59.9 Å². The molecule has 4 nitrogen and oxygen atoms in total. The van der Waals surface area contributed by atoms with Crippen LogP contribution in [0, 0.1) is 0 Å². The van der Waals surface area contributed by atoms with Crippen LogP contribution < -0.4 is 14.8 Å². The lowest BCUT2D eigenvalue weighted by Gasteiger charge is -2.21.